The van der Waals surface area contributed by atoms with Gasteiger partial charge >= 0.3 is 0 Å². The average molecular weight is 447 g/mol. The van der Waals surface area contributed by atoms with Gasteiger partial charge in [0, 0.05) is 6.54 Å². The summed E-state index contributed by atoms with van der Waals surface area (Å²) in [6, 6.07) is 21.9. The van der Waals surface area contributed by atoms with Crippen LogP contribution in [-0.4, -0.2) is 31.6 Å². The molecule has 0 radical (unpaired) electrons. The number of hydrogen-bond donors (Lipinski definition) is 2. The predicted molar refractivity (Wildman–Crippen MR) is 124 cm³/mol. The SMILES string of the molecule is C[C@@H](NC(=O)COc1ccccc1C(=O)NCc1ccccc1)c1ccc2c(c1)OCCO2. The molecule has 3 aromatic rings. The van der Waals surface area contributed by atoms with Gasteiger partial charge in [-0.15, -0.1) is 0 Å². The lowest BCUT2D eigenvalue weighted by molar-refractivity contribution is -0.123. The molecule has 0 saturated carbocycles. The van der Waals surface area contributed by atoms with Crippen LogP contribution in [0, 0.1) is 0 Å². The van der Waals surface area contributed by atoms with Crippen LogP contribution in [0.2, 0.25) is 0 Å². The van der Waals surface area contributed by atoms with Crippen molar-refractivity contribution >= 4 is 11.8 Å². The maximum Gasteiger partial charge on any atom is 0.258 e. The zero-order valence-corrected chi connectivity index (χ0v) is 18.4. The molecule has 0 spiro atoms. The maximum atomic E-state index is 12.6. The lowest BCUT2D eigenvalue weighted by atomic mass is 10.1. The number of benzene rings is 3. The summed E-state index contributed by atoms with van der Waals surface area (Å²) in [5.41, 5.74) is 2.27. The molecule has 1 heterocycles. The average Bonchev–Trinajstić information content (AvgIpc) is 2.86. The van der Waals surface area contributed by atoms with E-state index in [4.69, 9.17) is 14.2 Å². The first-order valence-corrected chi connectivity index (χ1v) is 10.8. The van der Waals surface area contributed by atoms with Crippen molar-refractivity contribution in [3.8, 4) is 17.2 Å². The van der Waals surface area contributed by atoms with Crippen molar-refractivity contribution in [1.82, 2.24) is 10.6 Å². The van der Waals surface area contributed by atoms with Crippen LogP contribution < -0.4 is 24.8 Å². The molecule has 7 heteroatoms. The molecule has 3 aromatic carbocycles. The van der Waals surface area contributed by atoms with Crippen molar-refractivity contribution in [2.45, 2.75) is 19.5 Å². The molecule has 33 heavy (non-hydrogen) atoms. The van der Waals surface area contributed by atoms with Gasteiger partial charge in [-0.2, -0.15) is 0 Å². The Morgan fingerprint density at radius 2 is 1.67 bits per heavy atom. The summed E-state index contributed by atoms with van der Waals surface area (Å²) in [5.74, 6) is 1.17. The van der Waals surface area contributed by atoms with Gasteiger partial charge in [-0.05, 0) is 42.3 Å². The van der Waals surface area contributed by atoms with E-state index in [9.17, 15) is 9.59 Å². The van der Waals surface area contributed by atoms with Gasteiger partial charge in [-0.1, -0.05) is 48.5 Å². The van der Waals surface area contributed by atoms with Gasteiger partial charge in [0.1, 0.15) is 19.0 Å². The van der Waals surface area contributed by atoms with Crippen LogP contribution in [-0.2, 0) is 11.3 Å². The third kappa shape index (κ3) is 5.83. The predicted octanol–water partition coefficient (Wildman–Crippen LogP) is 3.64. The lowest BCUT2D eigenvalue weighted by Crippen LogP contribution is -2.32. The fourth-order valence-electron chi connectivity index (χ4n) is 3.49. The number of ether oxygens (including phenoxy) is 3. The minimum Gasteiger partial charge on any atom is -0.486 e. The van der Waals surface area contributed by atoms with Crippen molar-refractivity contribution in [3.63, 3.8) is 0 Å². The monoisotopic (exact) mass is 446 g/mol. The number of amides is 2. The Morgan fingerprint density at radius 1 is 0.939 bits per heavy atom. The van der Waals surface area contributed by atoms with Gasteiger partial charge < -0.3 is 24.8 Å². The Balaban J connectivity index is 1.32. The summed E-state index contributed by atoms with van der Waals surface area (Å²) in [6.45, 7) is 3.11. The smallest absolute Gasteiger partial charge is 0.258 e. The third-order valence-corrected chi connectivity index (χ3v) is 5.23. The van der Waals surface area contributed by atoms with Crippen molar-refractivity contribution in [3.05, 3.63) is 89.5 Å². The van der Waals surface area contributed by atoms with Crippen molar-refractivity contribution in [2.75, 3.05) is 19.8 Å². The molecule has 4 rings (SSSR count). The zero-order valence-electron chi connectivity index (χ0n) is 18.4. The Morgan fingerprint density at radius 3 is 2.48 bits per heavy atom. The molecule has 0 aromatic heterocycles. The molecule has 1 aliphatic heterocycles. The first kappa shape index (κ1) is 22.2. The van der Waals surface area contributed by atoms with E-state index >= 15 is 0 Å². The molecule has 0 saturated heterocycles. The molecule has 2 N–H and O–H groups in total. The second-order valence-electron chi connectivity index (χ2n) is 7.65. The molecule has 2 amide bonds. The zero-order chi connectivity index (χ0) is 23.0. The molecule has 0 aliphatic carbocycles. The summed E-state index contributed by atoms with van der Waals surface area (Å²) >= 11 is 0. The summed E-state index contributed by atoms with van der Waals surface area (Å²) < 4.78 is 16.8. The van der Waals surface area contributed by atoms with E-state index in [-0.39, 0.29) is 24.5 Å². The van der Waals surface area contributed by atoms with E-state index in [2.05, 4.69) is 10.6 Å². The number of rotatable bonds is 8. The lowest BCUT2D eigenvalue weighted by Gasteiger charge is -2.21. The molecule has 0 fully saturated rings. The highest BCUT2D eigenvalue weighted by Gasteiger charge is 2.17. The third-order valence-electron chi connectivity index (χ3n) is 5.23. The van der Waals surface area contributed by atoms with E-state index in [1.54, 1.807) is 24.3 Å². The topological polar surface area (TPSA) is 85.9 Å². The van der Waals surface area contributed by atoms with Gasteiger partial charge in [0.2, 0.25) is 0 Å². The fraction of sp³-hybridized carbons (Fsp3) is 0.231. The Labute approximate surface area is 192 Å². The fourth-order valence-corrected chi connectivity index (χ4v) is 3.49. The van der Waals surface area contributed by atoms with Crippen molar-refractivity contribution in [2.24, 2.45) is 0 Å². The van der Waals surface area contributed by atoms with Crippen molar-refractivity contribution in [1.29, 1.82) is 0 Å². The van der Waals surface area contributed by atoms with E-state index in [1.807, 2.05) is 55.5 Å². The second-order valence-corrected chi connectivity index (χ2v) is 7.65. The first-order valence-electron chi connectivity index (χ1n) is 10.8. The summed E-state index contributed by atoms with van der Waals surface area (Å²) in [6.07, 6.45) is 0. The van der Waals surface area contributed by atoms with Crippen LogP contribution in [0.1, 0.15) is 34.5 Å². The summed E-state index contributed by atoms with van der Waals surface area (Å²) in [4.78, 5) is 25.1. The molecule has 1 atom stereocenters. The number of nitrogens with one attached hydrogen (secondary N) is 2. The Hall–Kier alpha value is -4.00. The number of carbonyl (C=O) groups excluding carboxylic acids is 2. The molecule has 170 valence electrons. The molecule has 0 bridgehead atoms. The van der Waals surface area contributed by atoms with Crippen molar-refractivity contribution < 1.29 is 23.8 Å². The molecule has 0 unspecified atom stereocenters. The van der Waals surface area contributed by atoms with E-state index < -0.39 is 0 Å². The molecule has 1 aliphatic rings. The largest absolute Gasteiger partial charge is 0.486 e. The van der Waals surface area contributed by atoms with Crippen LogP contribution in [0.3, 0.4) is 0 Å². The minimum absolute atomic E-state index is 0.210. The standard InChI is InChI=1S/C26H26N2O5/c1-18(20-11-12-23-24(15-20)32-14-13-31-23)28-25(29)17-33-22-10-6-5-9-21(22)26(30)27-16-19-7-3-2-4-8-19/h2-12,15,18H,13-14,16-17H2,1H3,(H,27,30)(H,28,29)/t18-/m1/s1. The van der Waals surface area contributed by atoms with Crippen LogP contribution >= 0.6 is 0 Å². The normalized spacial score (nSPS) is 13.0. The Kier molecular flexibility index (Phi) is 7.09. The molecular formula is C26H26N2O5. The highest BCUT2D eigenvalue weighted by Crippen LogP contribution is 2.32. The number of hydrogen-bond acceptors (Lipinski definition) is 5. The van der Waals surface area contributed by atoms with E-state index in [0.29, 0.717) is 42.6 Å². The van der Waals surface area contributed by atoms with E-state index in [0.717, 1.165) is 11.1 Å². The van der Waals surface area contributed by atoms with Gasteiger partial charge in [0.15, 0.2) is 18.1 Å². The van der Waals surface area contributed by atoms with Gasteiger partial charge in [-0.3, -0.25) is 9.59 Å². The van der Waals surface area contributed by atoms with Crippen LogP contribution in [0.15, 0.2) is 72.8 Å². The minimum atomic E-state index is -0.295. The summed E-state index contributed by atoms with van der Waals surface area (Å²) in [7, 11) is 0. The highest BCUT2D eigenvalue weighted by molar-refractivity contribution is 5.97. The highest BCUT2D eigenvalue weighted by atomic mass is 16.6. The Bertz CT molecular complexity index is 1120. The summed E-state index contributed by atoms with van der Waals surface area (Å²) in [5, 5.41) is 5.79. The number of fused-ring (bicyclic) bond motifs is 1. The van der Waals surface area contributed by atoms with E-state index in [1.165, 1.54) is 0 Å². The number of para-hydroxylation sites is 1. The maximum absolute atomic E-state index is 12.6. The quantitative estimate of drug-likeness (QED) is 0.552. The van der Waals surface area contributed by atoms with Crippen LogP contribution in [0.4, 0.5) is 0 Å². The van der Waals surface area contributed by atoms with Crippen LogP contribution in [0.25, 0.3) is 0 Å². The van der Waals surface area contributed by atoms with Crippen LogP contribution in [0.5, 0.6) is 17.2 Å². The van der Waals surface area contributed by atoms with Gasteiger partial charge in [0.05, 0.1) is 11.6 Å². The van der Waals surface area contributed by atoms with Gasteiger partial charge in [0.25, 0.3) is 11.8 Å². The number of carbonyl (C=O) groups is 2. The molecule has 7 nitrogen and oxygen atoms in total. The first-order chi connectivity index (χ1) is 16.1. The second kappa shape index (κ2) is 10.5. The molecular weight excluding hydrogens is 420 g/mol. The van der Waals surface area contributed by atoms with Gasteiger partial charge in [-0.25, -0.2) is 0 Å².